The summed E-state index contributed by atoms with van der Waals surface area (Å²) in [6.45, 7) is 0.775. The molecule has 0 fully saturated rings. The van der Waals surface area contributed by atoms with E-state index in [2.05, 4.69) is 27.3 Å². The van der Waals surface area contributed by atoms with Crippen molar-refractivity contribution in [2.45, 2.75) is 17.7 Å². The second-order valence-electron chi connectivity index (χ2n) is 6.15. The quantitative estimate of drug-likeness (QED) is 0.627. The largest absolute Gasteiger partial charge is 0.495 e. The van der Waals surface area contributed by atoms with Gasteiger partial charge in [0.15, 0.2) is 0 Å². The van der Waals surface area contributed by atoms with Gasteiger partial charge in [0, 0.05) is 16.7 Å². The standard InChI is InChI=1S/C18H19IN2O5S/c1-26-17-11-13-7-9-21(18(22)23)8-6-12(13)10-16(17)20-27(24,25)15-4-2-14(19)3-5-15/h2-5,10-11,20H,6-9H2,1H3,(H,22,23). The first kappa shape index (κ1) is 19.7. The van der Waals surface area contributed by atoms with E-state index in [0.717, 1.165) is 14.7 Å². The van der Waals surface area contributed by atoms with Crippen molar-refractivity contribution in [3.05, 3.63) is 51.1 Å². The van der Waals surface area contributed by atoms with Crippen LogP contribution in [0, 0.1) is 3.57 Å². The van der Waals surface area contributed by atoms with E-state index in [9.17, 15) is 18.3 Å². The number of anilines is 1. The fraction of sp³-hybridized carbons (Fsp3) is 0.278. The van der Waals surface area contributed by atoms with Crippen LogP contribution in [0.3, 0.4) is 0 Å². The van der Waals surface area contributed by atoms with E-state index < -0.39 is 16.1 Å². The van der Waals surface area contributed by atoms with Crippen molar-refractivity contribution in [2.75, 3.05) is 24.9 Å². The van der Waals surface area contributed by atoms with Crippen molar-refractivity contribution in [1.82, 2.24) is 4.90 Å². The van der Waals surface area contributed by atoms with E-state index in [4.69, 9.17) is 4.74 Å². The zero-order valence-electron chi connectivity index (χ0n) is 14.6. The third-order valence-corrected chi connectivity index (χ3v) is 6.56. The van der Waals surface area contributed by atoms with Gasteiger partial charge < -0.3 is 14.7 Å². The minimum atomic E-state index is -3.76. The predicted octanol–water partition coefficient (Wildman–Crippen LogP) is 3.18. The van der Waals surface area contributed by atoms with E-state index in [-0.39, 0.29) is 4.90 Å². The second-order valence-corrected chi connectivity index (χ2v) is 9.08. The Hall–Kier alpha value is -2.01. The maximum absolute atomic E-state index is 12.7. The highest BCUT2D eigenvalue weighted by atomic mass is 127. The molecule has 1 aliphatic rings. The molecule has 9 heteroatoms. The highest BCUT2D eigenvalue weighted by molar-refractivity contribution is 14.1. The summed E-state index contributed by atoms with van der Waals surface area (Å²) in [4.78, 5) is 12.8. The van der Waals surface area contributed by atoms with Gasteiger partial charge in [0.05, 0.1) is 17.7 Å². The smallest absolute Gasteiger partial charge is 0.407 e. The fourth-order valence-electron chi connectivity index (χ4n) is 3.01. The summed E-state index contributed by atoms with van der Waals surface area (Å²) in [5.41, 5.74) is 2.23. The molecule has 2 N–H and O–H groups in total. The third-order valence-electron chi connectivity index (χ3n) is 4.46. The molecule has 7 nitrogen and oxygen atoms in total. The van der Waals surface area contributed by atoms with Crippen LogP contribution in [-0.2, 0) is 22.9 Å². The second kappa shape index (κ2) is 7.93. The highest BCUT2D eigenvalue weighted by Crippen LogP contribution is 2.32. The lowest BCUT2D eigenvalue weighted by Gasteiger charge is -2.15. The van der Waals surface area contributed by atoms with Gasteiger partial charge in [-0.3, -0.25) is 4.72 Å². The molecule has 1 amide bonds. The zero-order chi connectivity index (χ0) is 19.6. The number of methoxy groups -OCH3 is 1. The summed E-state index contributed by atoms with van der Waals surface area (Å²) in [7, 11) is -2.28. The maximum atomic E-state index is 12.7. The summed E-state index contributed by atoms with van der Waals surface area (Å²) in [5.74, 6) is 0.409. The number of ether oxygens (including phenoxy) is 1. The van der Waals surface area contributed by atoms with Crippen LogP contribution in [0.15, 0.2) is 41.3 Å². The molecule has 144 valence electrons. The zero-order valence-corrected chi connectivity index (χ0v) is 17.6. The van der Waals surface area contributed by atoms with Gasteiger partial charge in [0.2, 0.25) is 0 Å². The van der Waals surface area contributed by atoms with Gasteiger partial charge >= 0.3 is 6.09 Å². The Kier molecular flexibility index (Phi) is 5.80. The van der Waals surface area contributed by atoms with E-state index in [1.54, 1.807) is 36.4 Å². The molecule has 0 aliphatic carbocycles. The Bertz CT molecular complexity index is 960. The average molecular weight is 502 g/mol. The molecule has 0 bridgehead atoms. The summed E-state index contributed by atoms with van der Waals surface area (Å²) in [6, 6.07) is 10.1. The monoisotopic (exact) mass is 502 g/mol. The molecule has 1 aliphatic heterocycles. The van der Waals surface area contributed by atoms with Gasteiger partial charge in [-0.15, -0.1) is 0 Å². The van der Waals surface area contributed by atoms with Gasteiger partial charge in [-0.05, 0) is 83.0 Å². The van der Waals surface area contributed by atoms with Crippen LogP contribution in [0.25, 0.3) is 0 Å². The van der Waals surface area contributed by atoms with Crippen molar-refractivity contribution in [2.24, 2.45) is 0 Å². The summed E-state index contributed by atoms with van der Waals surface area (Å²) >= 11 is 2.11. The number of hydrogen-bond acceptors (Lipinski definition) is 4. The molecule has 27 heavy (non-hydrogen) atoms. The molecule has 2 aromatic carbocycles. The van der Waals surface area contributed by atoms with Crippen molar-refractivity contribution in [3.63, 3.8) is 0 Å². The minimum Gasteiger partial charge on any atom is -0.495 e. The van der Waals surface area contributed by atoms with Gasteiger partial charge in [-0.2, -0.15) is 0 Å². The van der Waals surface area contributed by atoms with Gasteiger partial charge in [0.1, 0.15) is 5.75 Å². The summed E-state index contributed by atoms with van der Waals surface area (Å²) in [5, 5.41) is 9.21. The Morgan fingerprint density at radius 1 is 1.15 bits per heavy atom. The minimum absolute atomic E-state index is 0.164. The Morgan fingerprint density at radius 3 is 2.30 bits per heavy atom. The average Bonchev–Trinajstić information content (AvgIpc) is 2.83. The van der Waals surface area contributed by atoms with Gasteiger partial charge in [-0.1, -0.05) is 0 Å². The SMILES string of the molecule is COc1cc2c(cc1NS(=O)(=O)c1ccc(I)cc1)CCN(C(=O)O)CC2. The van der Waals surface area contributed by atoms with Crippen molar-refractivity contribution in [3.8, 4) is 5.75 Å². The Morgan fingerprint density at radius 2 is 1.74 bits per heavy atom. The number of halogens is 1. The number of carbonyl (C=O) groups is 1. The molecule has 0 spiro atoms. The number of benzene rings is 2. The highest BCUT2D eigenvalue weighted by Gasteiger charge is 2.22. The molecule has 0 radical (unpaired) electrons. The molecule has 0 saturated heterocycles. The lowest BCUT2D eigenvalue weighted by molar-refractivity contribution is 0.147. The molecule has 0 saturated carbocycles. The van der Waals surface area contributed by atoms with Crippen LogP contribution in [-0.4, -0.2) is 44.7 Å². The maximum Gasteiger partial charge on any atom is 0.407 e. The number of rotatable bonds is 4. The first-order chi connectivity index (χ1) is 12.8. The number of hydrogen-bond donors (Lipinski definition) is 2. The van der Waals surface area contributed by atoms with Crippen LogP contribution >= 0.6 is 22.6 Å². The summed E-state index contributed by atoms with van der Waals surface area (Å²) < 4.78 is 34.3. The summed E-state index contributed by atoms with van der Waals surface area (Å²) in [6.07, 6.45) is 0.126. The van der Waals surface area contributed by atoms with E-state index >= 15 is 0 Å². The fourth-order valence-corrected chi connectivity index (χ4v) is 4.43. The topological polar surface area (TPSA) is 95.9 Å². The molecule has 2 aromatic rings. The van der Waals surface area contributed by atoms with Crippen LogP contribution < -0.4 is 9.46 Å². The number of fused-ring (bicyclic) bond motifs is 1. The van der Waals surface area contributed by atoms with Crippen LogP contribution in [0.4, 0.5) is 10.5 Å². The van der Waals surface area contributed by atoms with E-state index in [1.165, 1.54) is 12.0 Å². The van der Waals surface area contributed by atoms with Crippen molar-refractivity contribution < 1.29 is 23.1 Å². The van der Waals surface area contributed by atoms with Crippen LogP contribution in [0.2, 0.25) is 0 Å². The Labute approximate surface area is 171 Å². The van der Waals surface area contributed by atoms with E-state index in [1.807, 2.05) is 0 Å². The van der Waals surface area contributed by atoms with Crippen molar-refractivity contribution in [1.29, 1.82) is 0 Å². The van der Waals surface area contributed by atoms with Crippen molar-refractivity contribution >= 4 is 44.4 Å². The molecule has 0 atom stereocenters. The van der Waals surface area contributed by atoms with Crippen LogP contribution in [0.5, 0.6) is 5.75 Å². The van der Waals surface area contributed by atoms with Gasteiger partial charge in [-0.25, -0.2) is 13.2 Å². The lowest BCUT2D eigenvalue weighted by atomic mass is 10.0. The number of carboxylic acid groups (broad SMARTS) is 1. The van der Waals surface area contributed by atoms with Gasteiger partial charge in [0.25, 0.3) is 10.0 Å². The normalized spacial score (nSPS) is 14.2. The molecule has 0 unspecified atom stereocenters. The van der Waals surface area contributed by atoms with E-state index in [0.29, 0.717) is 37.4 Å². The molecule has 1 heterocycles. The molecular weight excluding hydrogens is 483 g/mol. The number of nitrogens with zero attached hydrogens (tertiary/aromatic N) is 1. The number of sulfonamides is 1. The number of amides is 1. The number of nitrogens with one attached hydrogen (secondary N) is 1. The lowest BCUT2D eigenvalue weighted by Crippen LogP contribution is -2.31. The molecule has 3 rings (SSSR count). The first-order valence-corrected chi connectivity index (χ1v) is 10.8. The van der Waals surface area contributed by atoms with Crippen LogP contribution in [0.1, 0.15) is 11.1 Å². The Balaban J connectivity index is 1.92. The predicted molar refractivity (Wildman–Crippen MR) is 110 cm³/mol. The first-order valence-electron chi connectivity index (χ1n) is 8.26. The molecule has 0 aromatic heterocycles. The third kappa shape index (κ3) is 4.46. The molecular formula is C18H19IN2O5S.